The van der Waals surface area contributed by atoms with Crippen LogP contribution in [-0.4, -0.2) is 47.6 Å². The third-order valence-corrected chi connectivity index (χ3v) is 5.67. The Balaban J connectivity index is 1.89. The number of aliphatic hydroxyl groups is 1. The molecule has 5 heteroatoms. The Morgan fingerprint density at radius 1 is 1.21 bits per heavy atom. The lowest BCUT2D eigenvalue weighted by molar-refractivity contribution is -0.143. The van der Waals surface area contributed by atoms with Crippen molar-refractivity contribution in [2.24, 2.45) is 16.7 Å². The molecule has 138 valence electrons. The molecule has 2 aliphatic rings. The van der Waals surface area contributed by atoms with Gasteiger partial charge in [0.25, 0.3) is 0 Å². The second-order valence-electron chi connectivity index (χ2n) is 8.97. The van der Waals surface area contributed by atoms with Gasteiger partial charge in [0.2, 0.25) is 11.8 Å². The molecule has 2 fully saturated rings. The summed E-state index contributed by atoms with van der Waals surface area (Å²) in [4.78, 5) is 26.9. The maximum atomic E-state index is 12.6. The Morgan fingerprint density at radius 3 is 2.54 bits per heavy atom. The van der Waals surface area contributed by atoms with Crippen LogP contribution in [0.1, 0.15) is 66.2 Å². The molecule has 1 heterocycles. The lowest BCUT2D eigenvalue weighted by Crippen LogP contribution is -2.51. The molecule has 1 saturated heterocycles. The minimum absolute atomic E-state index is 0.0282. The van der Waals surface area contributed by atoms with E-state index in [0.29, 0.717) is 13.1 Å². The van der Waals surface area contributed by atoms with Crippen molar-refractivity contribution in [1.82, 2.24) is 10.2 Å². The predicted octanol–water partition coefficient (Wildman–Crippen LogP) is 2.33. The highest BCUT2D eigenvalue weighted by atomic mass is 16.3. The second-order valence-corrected chi connectivity index (χ2v) is 8.97. The van der Waals surface area contributed by atoms with Crippen LogP contribution < -0.4 is 5.32 Å². The number of carbonyl (C=O) groups is 2. The minimum atomic E-state index is -0.405. The highest BCUT2D eigenvalue weighted by molar-refractivity contribution is 5.83. The molecule has 2 N–H and O–H groups in total. The molecule has 3 atom stereocenters. The van der Waals surface area contributed by atoms with Crippen molar-refractivity contribution in [3.8, 4) is 0 Å². The molecular formula is C19H34N2O3. The van der Waals surface area contributed by atoms with Crippen LogP contribution in [0.5, 0.6) is 0 Å². The second kappa shape index (κ2) is 7.42. The van der Waals surface area contributed by atoms with Gasteiger partial charge < -0.3 is 15.3 Å². The van der Waals surface area contributed by atoms with Gasteiger partial charge in [-0.3, -0.25) is 9.59 Å². The molecule has 5 nitrogen and oxygen atoms in total. The van der Waals surface area contributed by atoms with Crippen LogP contribution in [0.25, 0.3) is 0 Å². The number of hydrogen-bond acceptors (Lipinski definition) is 3. The zero-order valence-corrected chi connectivity index (χ0v) is 15.7. The number of amides is 2. The topological polar surface area (TPSA) is 69.6 Å². The molecule has 0 bridgehead atoms. The van der Waals surface area contributed by atoms with Gasteiger partial charge in [-0.2, -0.15) is 0 Å². The Kier molecular flexibility index (Phi) is 5.95. The highest BCUT2D eigenvalue weighted by Gasteiger charge is 2.37. The summed E-state index contributed by atoms with van der Waals surface area (Å²) in [6, 6.07) is 0. The van der Waals surface area contributed by atoms with E-state index in [0.717, 1.165) is 45.1 Å². The smallest absolute Gasteiger partial charge is 0.227 e. The Labute approximate surface area is 146 Å². The summed E-state index contributed by atoms with van der Waals surface area (Å²) in [7, 11) is 0. The fourth-order valence-electron chi connectivity index (χ4n) is 3.87. The summed E-state index contributed by atoms with van der Waals surface area (Å²) in [5.41, 5.74) is -0.623. The zero-order valence-electron chi connectivity index (χ0n) is 15.7. The van der Waals surface area contributed by atoms with Crippen molar-refractivity contribution < 1.29 is 14.7 Å². The van der Waals surface area contributed by atoms with Crippen molar-refractivity contribution in [3.05, 3.63) is 0 Å². The van der Waals surface area contributed by atoms with Gasteiger partial charge in [0.1, 0.15) is 0 Å². The van der Waals surface area contributed by atoms with Crippen LogP contribution in [-0.2, 0) is 9.59 Å². The summed E-state index contributed by atoms with van der Waals surface area (Å²) in [6.45, 7) is 9.61. The molecule has 0 aromatic heterocycles. The first-order valence-corrected chi connectivity index (χ1v) is 9.39. The first-order valence-electron chi connectivity index (χ1n) is 9.39. The third kappa shape index (κ3) is 4.50. The van der Waals surface area contributed by atoms with Gasteiger partial charge in [0.15, 0.2) is 0 Å². The standard InChI is InChI=1S/C19H34N2O3/c1-18(2,3)17(24)21-11-7-8-14(12-21)16(23)20-13-19(4)10-6-5-9-15(19)22/h14-15,22H,5-13H2,1-4H3,(H,20,23)/t14-,15+,19+/m0/s1. The molecule has 2 amide bonds. The minimum Gasteiger partial charge on any atom is -0.392 e. The van der Waals surface area contributed by atoms with Gasteiger partial charge in [0, 0.05) is 30.5 Å². The van der Waals surface area contributed by atoms with Gasteiger partial charge >= 0.3 is 0 Å². The Hall–Kier alpha value is -1.10. The van der Waals surface area contributed by atoms with E-state index in [9.17, 15) is 14.7 Å². The maximum absolute atomic E-state index is 12.6. The van der Waals surface area contributed by atoms with Gasteiger partial charge in [-0.1, -0.05) is 40.5 Å². The predicted molar refractivity (Wildman–Crippen MR) is 94.4 cm³/mol. The van der Waals surface area contributed by atoms with Crippen LogP contribution in [0.15, 0.2) is 0 Å². The largest absolute Gasteiger partial charge is 0.392 e. The summed E-state index contributed by atoms with van der Waals surface area (Å²) in [5.74, 6) is 0.0180. The zero-order chi connectivity index (χ0) is 18.0. The molecule has 1 aliphatic heterocycles. The number of rotatable bonds is 3. The molecule has 24 heavy (non-hydrogen) atoms. The molecule has 2 rings (SSSR count). The number of nitrogens with zero attached hydrogens (tertiary/aromatic N) is 1. The Morgan fingerprint density at radius 2 is 1.92 bits per heavy atom. The SMILES string of the molecule is CC(C)(C)C(=O)N1CCC[C@H](C(=O)NC[C@@]2(C)CCCC[C@H]2O)C1. The molecule has 1 saturated carbocycles. The van der Waals surface area contributed by atoms with E-state index in [1.165, 1.54) is 0 Å². The van der Waals surface area contributed by atoms with Gasteiger partial charge in [-0.05, 0) is 25.7 Å². The van der Waals surface area contributed by atoms with E-state index in [1.807, 2.05) is 25.7 Å². The first kappa shape index (κ1) is 19.2. The molecule has 1 aliphatic carbocycles. The van der Waals surface area contributed by atoms with Crippen LogP contribution in [0, 0.1) is 16.7 Å². The fraction of sp³-hybridized carbons (Fsp3) is 0.895. The van der Waals surface area contributed by atoms with Crippen molar-refractivity contribution in [2.75, 3.05) is 19.6 Å². The Bertz CT molecular complexity index is 472. The number of piperidine rings is 1. The first-order chi connectivity index (χ1) is 11.1. The van der Waals surface area contributed by atoms with E-state index in [4.69, 9.17) is 0 Å². The summed E-state index contributed by atoms with van der Waals surface area (Å²) >= 11 is 0. The lowest BCUT2D eigenvalue weighted by atomic mass is 9.73. The average molecular weight is 338 g/mol. The van der Waals surface area contributed by atoms with E-state index in [2.05, 4.69) is 12.2 Å². The highest BCUT2D eigenvalue weighted by Crippen LogP contribution is 2.35. The van der Waals surface area contributed by atoms with E-state index in [1.54, 1.807) is 0 Å². The number of nitrogens with one attached hydrogen (secondary N) is 1. The van der Waals surface area contributed by atoms with Crippen molar-refractivity contribution >= 4 is 11.8 Å². The van der Waals surface area contributed by atoms with Crippen molar-refractivity contribution in [3.63, 3.8) is 0 Å². The van der Waals surface area contributed by atoms with Crippen LogP contribution >= 0.6 is 0 Å². The third-order valence-electron chi connectivity index (χ3n) is 5.67. The van der Waals surface area contributed by atoms with Crippen molar-refractivity contribution in [1.29, 1.82) is 0 Å². The molecule has 0 spiro atoms. The maximum Gasteiger partial charge on any atom is 0.227 e. The van der Waals surface area contributed by atoms with Gasteiger partial charge in [-0.15, -0.1) is 0 Å². The fourth-order valence-corrected chi connectivity index (χ4v) is 3.87. The summed E-state index contributed by atoms with van der Waals surface area (Å²) < 4.78 is 0. The average Bonchev–Trinajstić information content (AvgIpc) is 2.54. The van der Waals surface area contributed by atoms with Gasteiger partial charge in [0.05, 0.1) is 12.0 Å². The van der Waals surface area contributed by atoms with Crippen molar-refractivity contribution in [2.45, 2.75) is 72.3 Å². The van der Waals surface area contributed by atoms with E-state index < -0.39 is 5.41 Å². The molecule has 0 aromatic rings. The monoisotopic (exact) mass is 338 g/mol. The molecule has 0 aromatic carbocycles. The summed E-state index contributed by atoms with van der Waals surface area (Å²) in [5, 5.41) is 13.3. The van der Waals surface area contributed by atoms with E-state index >= 15 is 0 Å². The van der Waals surface area contributed by atoms with Crippen LogP contribution in [0.3, 0.4) is 0 Å². The number of aliphatic hydroxyl groups excluding tert-OH is 1. The normalized spacial score (nSPS) is 31.6. The lowest BCUT2D eigenvalue weighted by Gasteiger charge is -2.39. The quantitative estimate of drug-likeness (QED) is 0.830. The van der Waals surface area contributed by atoms with Crippen LogP contribution in [0.4, 0.5) is 0 Å². The number of hydrogen-bond donors (Lipinski definition) is 2. The number of likely N-dealkylation sites (tertiary alicyclic amines) is 1. The van der Waals surface area contributed by atoms with E-state index in [-0.39, 0.29) is 29.3 Å². The van der Waals surface area contributed by atoms with Crippen LogP contribution in [0.2, 0.25) is 0 Å². The summed E-state index contributed by atoms with van der Waals surface area (Å²) in [6.07, 6.45) is 5.32. The number of carbonyl (C=O) groups excluding carboxylic acids is 2. The molecular weight excluding hydrogens is 304 g/mol. The molecule has 0 unspecified atom stereocenters. The van der Waals surface area contributed by atoms with Gasteiger partial charge in [-0.25, -0.2) is 0 Å². The molecule has 0 radical (unpaired) electrons.